The molecule has 0 bridgehead atoms. The van der Waals surface area contributed by atoms with Crippen molar-refractivity contribution in [3.63, 3.8) is 0 Å². The lowest BCUT2D eigenvalue weighted by Gasteiger charge is -2.28. The summed E-state index contributed by atoms with van der Waals surface area (Å²) in [5, 5.41) is 10.1. The Kier molecular flexibility index (Phi) is 5.78. The third-order valence-electron chi connectivity index (χ3n) is 5.84. The predicted octanol–water partition coefficient (Wildman–Crippen LogP) is 6.23. The lowest BCUT2D eigenvalue weighted by atomic mass is 9.95. The van der Waals surface area contributed by atoms with Crippen molar-refractivity contribution >= 4 is 27.9 Å². The molecule has 158 valence electrons. The highest BCUT2D eigenvalue weighted by molar-refractivity contribution is 6.30. The number of hydrogen-bond acceptors (Lipinski definition) is 3. The van der Waals surface area contributed by atoms with Crippen LogP contribution in [0, 0.1) is 0 Å². The van der Waals surface area contributed by atoms with Crippen LogP contribution < -0.4 is 16.4 Å². The molecule has 0 spiro atoms. The average molecular weight is 438 g/mol. The van der Waals surface area contributed by atoms with Gasteiger partial charge in [-0.25, -0.2) is 0 Å². The maximum Gasteiger partial charge on any atom is 0.105 e. The summed E-state index contributed by atoms with van der Waals surface area (Å²) in [6, 6.07) is 31.3. The van der Waals surface area contributed by atoms with Crippen LogP contribution >= 0.6 is 11.6 Å². The molecule has 0 saturated carbocycles. The van der Waals surface area contributed by atoms with Crippen LogP contribution in [0.3, 0.4) is 0 Å². The zero-order valence-electron chi connectivity index (χ0n) is 17.5. The van der Waals surface area contributed by atoms with Crippen molar-refractivity contribution in [2.75, 3.05) is 0 Å². The molecule has 32 heavy (non-hydrogen) atoms. The van der Waals surface area contributed by atoms with E-state index in [1.807, 2.05) is 36.5 Å². The van der Waals surface area contributed by atoms with Crippen molar-refractivity contribution in [1.82, 2.24) is 10.6 Å². The van der Waals surface area contributed by atoms with Crippen LogP contribution in [0.5, 0.6) is 0 Å². The highest BCUT2D eigenvalue weighted by Crippen LogP contribution is 2.30. The maximum atomic E-state index is 6.42. The van der Waals surface area contributed by atoms with Crippen LogP contribution in [0.25, 0.3) is 27.5 Å². The van der Waals surface area contributed by atoms with E-state index in [4.69, 9.17) is 17.3 Å². The number of hydrogen-bond donors (Lipinski definition) is 3. The summed E-state index contributed by atoms with van der Waals surface area (Å²) in [5.74, 6) is 0. The van der Waals surface area contributed by atoms with Gasteiger partial charge in [-0.2, -0.15) is 0 Å². The third kappa shape index (κ3) is 4.19. The monoisotopic (exact) mass is 437 g/mol. The molecule has 3 nitrogen and oxygen atoms in total. The van der Waals surface area contributed by atoms with Gasteiger partial charge >= 0.3 is 0 Å². The van der Waals surface area contributed by atoms with E-state index in [-0.39, 0.29) is 12.3 Å². The summed E-state index contributed by atoms with van der Waals surface area (Å²) in [4.78, 5) is 0. The zero-order chi connectivity index (χ0) is 21.9. The molecule has 1 aliphatic heterocycles. The Hall–Kier alpha value is -3.37. The first-order valence-corrected chi connectivity index (χ1v) is 11.1. The van der Waals surface area contributed by atoms with Crippen LogP contribution in [-0.4, -0.2) is 6.17 Å². The fourth-order valence-corrected chi connectivity index (χ4v) is 4.28. The molecule has 0 aliphatic carbocycles. The number of halogens is 1. The van der Waals surface area contributed by atoms with Gasteiger partial charge in [-0.3, -0.25) is 5.32 Å². The number of nitrogens with one attached hydrogen (secondary N) is 2. The van der Waals surface area contributed by atoms with Crippen LogP contribution in [0.15, 0.2) is 109 Å². The molecule has 4 N–H and O–H groups in total. The molecule has 2 atom stereocenters. The minimum absolute atomic E-state index is 0.103. The van der Waals surface area contributed by atoms with E-state index in [0.29, 0.717) is 5.02 Å². The maximum absolute atomic E-state index is 6.42. The summed E-state index contributed by atoms with van der Waals surface area (Å²) in [6.45, 7) is 0. The summed E-state index contributed by atoms with van der Waals surface area (Å²) in [6.07, 6.45) is 5.64. The number of benzene rings is 4. The summed E-state index contributed by atoms with van der Waals surface area (Å²) >= 11 is 6.01. The van der Waals surface area contributed by atoms with Gasteiger partial charge in [0.2, 0.25) is 0 Å². The van der Waals surface area contributed by atoms with Gasteiger partial charge in [-0.05, 0) is 63.0 Å². The predicted molar refractivity (Wildman–Crippen MR) is 135 cm³/mol. The third-order valence-corrected chi connectivity index (χ3v) is 6.09. The highest BCUT2D eigenvalue weighted by Gasteiger charge is 2.19. The SMILES string of the molecule is NC(NC1NC=CC=C1c1ccc(-c2cccc3ccccc23)cc1)c1ccc(Cl)cc1. The smallest absolute Gasteiger partial charge is 0.105 e. The Bertz CT molecular complexity index is 1290. The Morgan fingerprint density at radius 3 is 2.34 bits per heavy atom. The minimum Gasteiger partial charge on any atom is -0.372 e. The van der Waals surface area contributed by atoms with E-state index in [1.54, 1.807) is 0 Å². The van der Waals surface area contributed by atoms with E-state index >= 15 is 0 Å². The van der Waals surface area contributed by atoms with Crippen LogP contribution in [-0.2, 0) is 0 Å². The molecule has 1 aliphatic rings. The van der Waals surface area contributed by atoms with Crippen molar-refractivity contribution in [1.29, 1.82) is 0 Å². The van der Waals surface area contributed by atoms with Crippen LogP contribution in [0.1, 0.15) is 17.3 Å². The van der Waals surface area contributed by atoms with Gasteiger partial charge in [0.1, 0.15) is 6.17 Å². The molecule has 2 unspecified atom stereocenters. The molecule has 0 saturated heterocycles. The van der Waals surface area contributed by atoms with Crippen LogP contribution in [0.4, 0.5) is 0 Å². The number of allylic oxidation sites excluding steroid dienone is 2. The number of rotatable bonds is 5. The highest BCUT2D eigenvalue weighted by atomic mass is 35.5. The molecule has 0 amide bonds. The second kappa shape index (κ2) is 9.01. The van der Waals surface area contributed by atoms with Crippen molar-refractivity contribution in [3.8, 4) is 11.1 Å². The first-order valence-electron chi connectivity index (χ1n) is 10.7. The second-order valence-electron chi connectivity index (χ2n) is 7.88. The Balaban J connectivity index is 1.40. The van der Waals surface area contributed by atoms with Crippen LogP contribution in [0.2, 0.25) is 5.02 Å². The van der Waals surface area contributed by atoms with Gasteiger partial charge < -0.3 is 11.1 Å². The Labute approximate surface area is 193 Å². The van der Waals surface area contributed by atoms with E-state index in [9.17, 15) is 0 Å². The number of nitrogens with two attached hydrogens (primary N) is 1. The van der Waals surface area contributed by atoms with Gasteiger partial charge in [0.05, 0.1) is 6.17 Å². The van der Waals surface area contributed by atoms with E-state index in [2.05, 4.69) is 83.4 Å². The van der Waals surface area contributed by atoms with E-state index < -0.39 is 0 Å². The molecule has 0 radical (unpaired) electrons. The average Bonchev–Trinajstić information content (AvgIpc) is 2.84. The molecule has 0 fully saturated rings. The molecule has 4 heteroatoms. The zero-order valence-corrected chi connectivity index (χ0v) is 18.3. The lowest BCUT2D eigenvalue weighted by Crippen LogP contribution is -2.46. The normalized spacial score (nSPS) is 16.4. The first-order chi connectivity index (χ1) is 15.7. The van der Waals surface area contributed by atoms with Crippen molar-refractivity contribution in [2.45, 2.75) is 12.3 Å². The van der Waals surface area contributed by atoms with Crippen molar-refractivity contribution < 1.29 is 0 Å². The van der Waals surface area contributed by atoms with Gasteiger partial charge in [0, 0.05) is 5.02 Å². The molecule has 1 heterocycles. The fraction of sp³-hybridized carbons (Fsp3) is 0.0714. The molecular weight excluding hydrogens is 414 g/mol. The molecule has 5 rings (SSSR count). The molecule has 4 aromatic carbocycles. The van der Waals surface area contributed by atoms with E-state index in [0.717, 1.165) is 16.7 Å². The molecular formula is C28H24ClN3. The molecule has 4 aromatic rings. The standard InChI is InChI=1S/C28H24ClN3/c29-23-16-14-22(15-17-23)27(30)32-28-26(9-4-18-31-28)21-12-10-20(11-13-21)25-8-3-6-19-5-1-2-7-24(19)25/h1-18,27-28,31-32H,30H2. The lowest BCUT2D eigenvalue weighted by molar-refractivity contribution is 0.474. The Morgan fingerprint density at radius 1 is 0.812 bits per heavy atom. The quantitative estimate of drug-likeness (QED) is 0.324. The minimum atomic E-state index is -0.324. The summed E-state index contributed by atoms with van der Waals surface area (Å²) in [5.41, 5.74) is 12.1. The van der Waals surface area contributed by atoms with Gasteiger partial charge in [-0.1, -0.05) is 96.5 Å². The second-order valence-corrected chi connectivity index (χ2v) is 8.32. The van der Waals surface area contributed by atoms with E-state index in [1.165, 1.54) is 21.9 Å². The van der Waals surface area contributed by atoms with Gasteiger partial charge in [-0.15, -0.1) is 0 Å². The van der Waals surface area contributed by atoms with Gasteiger partial charge in [0.15, 0.2) is 0 Å². The fourth-order valence-electron chi connectivity index (χ4n) is 4.16. The summed E-state index contributed by atoms with van der Waals surface area (Å²) < 4.78 is 0. The molecule has 0 aromatic heterocycles. The topological polar surface area (TPSA) is 50.1 Å². The number of fused-ring (bicyclic) bond motifs is 1. The largest absolute Gasteiger partial charge is 0.372 e. The van der Waals surface area contributed by atoms with Crippen molar-refractivity contribution in [3.05, 3.63) is 125 Å². The number of dihydropyridines is 1. The Morgan fingerprint density at radius 2 is 1.53 bits per heavy atom. The van der Waals surface area contributed by atoms with Crippen molar-refractivity contribution in [2.24, 2.45) is 5.73 Å². The first kappa shape index (κ1) is 20.5. The van der Waals surface area contributed by atoms with Gasteiger partial charge in [0.25, 0.3) is 0 Å². The summed E-state index contributed by atoms with van der Waals surface area (Å²) in [7, 11) is 0.